The number of ether oxygens (including phenoxy) is 9. The Bertz CT molecular complexity index is 1330. The van der Waals surface area contributed by atoms with E-state index in [1.807, 2.05) is 0 Å². The minimum Gasteiger partial charge on any atom is -0.479 e. The maximum Gasteiger partial charge on any atom is 0.335 e. The molecule has 15 N–H and O–H groups in total. The molecule has 0 aromatic carbocycles. The van der Waals surface area contributed by atoms with Crippen molar-refractivity contribution in [3.8, 4) is 0 Å². The fraction of sp³-hybridized carbons (Fsp3) is 0.933. The largest absolute Gasteiger partial charge is 0.479 e. The van der Waals surface area contributed by atoms with Crippen LogP contribution in [-0.4, -0.2) is 249 Å². The van der Waals surface area contributed by atoms with Crippen LogP contribution in [0.3, 0.4) is 0 Å². The van der Waals surface area contributed by atoms with Crippen molar-refractivity contribution in [1.82, 2.24) is 0 Å². The van der Waals surface area contributed by atoms with Gasteiger partial charge in [0, 0.05) is 0 Å². The smallest absolute Gasteiger partial charge is 0.335 e. The van der Waals surface area contributed by atoms with Gasteiger partial charge in [0.1, 0.15) is 97.7 Å². The highest BCUT2D eigenvalue weighted by molar-refractivity contribution is 5.74. The van der Waals surface area contributed by atoms with E-state index in [4.69, 9.17) is 42.6 Å². The highest BCUT2D eigenvalue weighted by Crippen LogP contribution is 2.36. The minimum atomic E-state index is -2.33. The van der Waals surface area contributed by atoms with Gasteiger partial charge in [-0.25, -0.2) is 9.59 Å². The molecule has 5 heterocycles. The van der Waals surface area contributed by atoms with Crippen molar-refractivity contribution in [2.75, 3.05) is 6.61 Å². The summed E-state index contributed by atoms with van der Waals surface area (Å²) in [5.41, 5.74) is 0. The molecule has 0 spiro atoms. The van der Waals surface area contributed by atoms with Gasteiger partial charge in [-0.1, -0.05) is 0 Å². The molecule has 25 atom stereocenters. The van der Waals surface area contributed by atoms with Crippen molar-refractivity contribution in [3.05, 3.63) is 0 Å². The Morgan fingerprint density at radius 2 is 0.857 bits per heavy atom. The summed E-state index contributed by atoms with van der Waals surface area (Å²) < 4.78 is 49.2. The summed E-state index contributed by atoms with van der Waals surface area (Å²) in [5, 5.41) is 156. The molecule has 0 saturated carbocycles. The third-order valence-electron chi connectivity index (χ3n) is 10.2. The first-order chi connectivity index (χ1) is 26.2. The SMILES string of the molecule is C[C@@H]1O[C@@H](O[C@@H]2[C@H](O)[C@@H](O)[C@@H](O[C@H]3[C@H](O[C@@H]4[C@H](O)[C@@H](O)C(O)O[C@@H]4C(=O)O)O[C@@H](C)[C@H](O[C@@H]4O[C@H](CO)[C@H](O)[C@H](O)[C@H]4O)[C@H]3O)O[C@@H]2C(=O)O)[C@H](O)[C@H](O)[C@H]1O. The third kappa shape index (κ3) is 8.82. The maximum absolute atomic E-state index is 12.4. The first-order valence-electron chi connectivity index (χ1n) is 17.3. The van der Waals surface area contributed by atoms with Crippen molar-refractivity contribution >= 4 is 11.9 Å². The first-order valence-corrected chi connectivity index (χ1v) is 17.3. The second kappa shape index (κ2) is 18.1. The molecule has 26 nitrogen and oxygen atoms in total. The Morgan fingerprint density at radius 1 is 0.429 bits per heavy atom. The zero-order valence-corrected chi connectivity index (χ0v) is 29.3. The van der Waals surface area contributed by atoms with Crippen LogP contribution in [0, 0.1) is 0 Å². The molecule has 0 bridgehead atoms. The van der Waals surface area contributed by atoms with Crippen molar-refractivity contribution < 1.29 is 129 Å². The van der Waals surface area contributed by atoms with Crippen LogP contribution in [-0.2, 0) is 52.2 Å². The van der Waals surface area contributed by atoms with E-state index < -0.39 is 172 Å². The monoisotopic (exact) mass is 824 g/mol. The molecule has 0 aliphatic carbocycles. The number of carbonyl (C=O) groups is 2. The second-order valence-corrected chi connectivity index (χ2v) is 14.0. The average Bonchev–Trinajstić information content (AvgIpc) is 3.15. The van der Waals surface area contributed by atoms with Gasteiger partial charge in [0.15, 0.2) is 43.7 Å². The second-order valence-electron chi connectivity index (χ2n) is 14.0. The number of rotatable bonds is 11. The lowest BCUT2D eigenvalue weighted by Crippen LogP contribution is -2.68. The normalized spacial score (nSPS) is 53.0. The zero-order chi connectivity index (χ0) is 41.7. The number of carboxylic acids is 2. The maximum atomic E-state index is 12.4. The van der Waals surface area contributed by atoms with Crippen molar-refractivity contribution in [2.45, 2.75) is 167 Å². The van der Waals surface area contributed by atoms with Crippen molar-refractivity contribution in [1.29, 1.82) is 0 Å². The van der Waals surface area contributed by atoms with Gasteiger partial charge in [0.2, 0.25) is 0 Å². The molecule has 324 valence electrons. The number of aliphatic hydroxyl groups excluding tert-OH is 13. The minimum absolute atomic E-state index is 0.870. The molecule has 5 saturated heterocycles. The van der Waals surface area contributed by atoms with E-state index in [1.165, 1.54) is 13.8 Å². The lowest BCUT2D eigenvalue weighted by molar-refractivity contribution is -0.400. The Hall–Kier alpha value is -1.94. The van der Waals surface area contributed by atoms with Crippen LogP contribution in [0.25, 0.3) is 0 Å². The molecule has 5 aliphatic rings. The molecule has 56 heavy (non-hydrogen) atoms. The molecule has 1 unspecified atom stereocenters. The van der Waals surface area contributed by atoms with Gasteiger partial charge in [-0.2, -0.15) is 0 Å². The molecular formula is C30H48O26. The first kappa shape index (κ1) is 45.1. The topological polar surface area (TPSA) is 421 Å². The van der Waals surface area contributed by atoms with Crippen LogP contribution in [0.5, 0.6) is 0 Å². The van der Waals surface area contributed by atoms with E-state index in [9.17, 15) is 86.2 Å². The fourth-order valence-electron chi connectivity index (χ4n) is 6.86. The van der Waals surface area contributed by atoms with Gasteiger partial charge in [-0.3, -0.25) is 0 Å². The van der Waals surface area contributed by atoms with Crippen LogP contribution in [0.4, 0.5) is 0 Å². The molecule has 5 rings (SSSR count). The quantitative estimate of drug-likeness (QED) is 0.0919. The summed E-state index contributed by atoms with van der Waals surface area (Å²) in [6, 6.07) is 0. The molecule has 5 aliphatic heterocycles. The Morgan fingerprint density at radius 3 is 1.43 bits per heavy atom. The molecule has 0 radical (unpaired) electrons. The van der Waals surface area contributed by atoms with E-state index in [0.29, 0.717) is 0 Å². The highest BCUT2D eigenvalue weighted by atomic mass is 16.8. The Labute approximate surface area is 315 Å². The number of hydrogen-bond donors (Lipinski definition) is 15. The van der Waals surface area contributed by atoms with E-state index in [2.05, 4.69) is 0 Å². The van der Waals surface area contributed by atoms with Crippen molar-refractivity contribution in [3.63, 3.8) is 0 Å². The van der Waals surface area contributed by atoms with E-state index in [1.54, 1.807) is 0 Å². The summed E-state index contributed by atoms with van der Waals surface area (Å²) in [6.45, 7) is 1.63. The molecule has 5 fully saturated rings. The number of aliphatic carboxylic acids is 2. The summed E-state index contributed by atoms with van der Waals surface area (Å²) in [5.74, 6) is -3.68. The molecule has 0 aromatic heterocycles. The molecule has 0 amide bonds. The zero-order valence-electron chi connectivity index (χ0n) is 29.3. The molecule has 0 aromatic rings. The van der Waals surface area contributed by atoms with Gasteiger partial charge >= 0.3 is 11.9 Å². The van der Waals surface area contributed by atoms with Crippen LogP contribution in [0.15, 0.2) is 0 Å². The standard InChI is InChI=1S/C30H48O26/c1-4-7(32)9(34)14(39)27(48-4)53-20-12(37)16(41)29(56-23(20)25(45)46)55-21-17(42)18(52-28-15(40)10(35)8(33)6(3-31)50-28)5(2)49-30(21)54-19-11(36)13(38)26(47)51-22(19)24(43)44/h4-23,26-42,47H,3H2,1-2H3,(H,43,44)(H,45,46)/t4-,5-,6+,7-,8-,9+,10-,11+,12+,13+,14+,15+,16+,17+,18-,19+,20+,21+,22-,23-,26?,27-,28-,29-,30-/m0/s1. The highest BCUT2D eigenvalue weighted by Gasteiger charge is 2.58. The lowest BCUT2D eigenvalue weighted by atomic mass is 9.95. The summed E-state index contributed by atoms with van der Waals surface area (Å²) in [4.78, 5) is 24.4. The van der Waals surface area contributed by atoms with E-state index in [-0.39, 0.29) is 0 Å². The average molecular weight is 825 g/mol. The summed E-state index contributed by atoms with van der Waals surface area (Å²) in [6.07, 6.45) is -49.5. The predicted molar refractivity (Wildman–Crippen MR) is 165 cm³/mol. The predicted octanol–water partition coefficient (Wildman–Crippen LogP) is -9.68. The number of aliphatic hydroxyl groups is 13. The molecular weight excluding hydrogens is 776 g/mol. The van der Waals surface area contributed by atoms with Gasteiger partial charge in [0.05, 0.1) is 18.8 Å². The fourth-order valence-corrected chi connectivity index (χ4v) is 6.86. The Kier molecular flexibility index (Phi) is 14.6. The summed E-state index contributed by atoms with van der Waals surface area (Å²) in [7, 11) is 0. The van der Waals surface area contributed by atoms with E-state index >= 15 is 0 Å². The number of carboxylic acid groups (broad SMARTS) is 2. The third-order valence-corrected chi connectivity index (χ3v) is 10.2. The van der Waals surface area contributed by atoms with Gasteiger partial charge in [-0.15, -0.1) is 0 Å². The summed E-state index contributed by atoms with van der Waals surface area (Å²) >= 11 is 0. The number of hydrogen-bond acceptors (Lipinski definition) is 24. The van der Waals surface area contributed by atoms with Crippen LogP contribution >= 0.6 is 0 Å². The van der Waals surface area contributed by atoms with Crippen LogP contribution in [0.1, 0.15) is 13.8 Å². The lowest BCUT2D eigenvalue weighted by Gasteiger charge is -2.50. The molecule has 26 heteroatoms. The van der Waals surface area contributed by atoms with Gasteiger partial charge < -0.3 is 119 Å². The Balaban J connectivity index is 1.43. The van der Waals surface area contributed by atoms with Gasteiger partial charge in [-0.05, 0) is 13.8 Å². The van der Waals surface area contributed by atoms with Crippen LogP contribution < -0.4 is 0 Å². The van der Waals surface area contributed by atoms with Crippen molar-refractivity contribution in [2.24, 2.45) is 0 Å². The van der Waals surface area contributed by atoms with E-state index in [0.717, 1.165) is 0 Å². The van der Waals surface area contributed by atoms with Crippen LogP contribution in [0.2, 0.25) is 0 Å². The van der Waals surface area contributed by atoms with Gasteiger partial charge in [0.25, 0.3) is 0 Å².